The molecule has 0 spiro atoms. The van der Waals surface area contributed by atoms with Gasteiger partial charge in [0.1, 0.15) is 11.8 Å². The molecular formula is C9H9Cl2N3O4. The molecule has 0 heterocycles. The van der Waals surface area contributed by atoms with Gasteiger partial charge in [0, 0.05) is 6.07 Å². The van der Waals surface area contributed by atoms with Gasteiger partial charge in [-0.15, -0.1) is 0 Å². The molecule has 0 aromatic heterocycles. The number of nitrogens with two attached hydrogens (primary N) is 1. The Morgan fingerprint density at radius 3 is 2.56 bits per heavy atom. The second-order valence-corrected chi connectivity index (χ2v) is 4.15. The van der Waals surface area contributed by atoms with Gasteiger partial charge in [-0.25, -0.2) is 0 Å². The molecule has 9 heteroatoms. The third kappa shape index (κ3) is 3.46. The highest BCUT2D eigenvalue weighted by Crippen LogP contribution is 2.33. The van der Waals surface area contributed by atoms with Crippen molar-refractivity contribution in [3.8, 4) is 0 Å². The summed E-state index contributed by atoms with van der Waals surface area (Å²) in [7, 11) is 0. The van der Waals surface area contributed by atoms with Gasteiger partial charge in [0.15, 0.2) is 0 Å². The van der Waals surface area contributed by atoms with E-state index in [1.54, 1.807) is 0 Å². The van der Waals surface area contributed by atoms with E-state index in [4.69, 9.17) is 28.9 Å². The van der Waals surface area contributed by atoms with E-state index >= 15 is 0 Å². The van der Waals surface area contributed by atoms with Crippen LogP contribution < -0.4 is 11.1 Å². The predicted octanol–water partition coefficient (Wildman–Crippen LogP) is 1.16. The van der Waals surface area contributed by atoms with E-state index in [-0.39, 0.29) is 28.0 Å². The summed E-state index contributed by atoms with van der Waals surface area (Å²) in [5.74, 6) is -0.940. The third-order valence-corrected chi connectivity index (χ3v) is 2.77. The lowest BCUT2D eigenvalue weighted by molar-refractivity contribution is -0.383. The number of nitro groups is 1. The molecule has 1 amide bonds. The van der Waals surface area contributed by atoms with Crippen LogP contribution >= 0.6 is 23.2 Å². The summed E-state index contributed by atoms with van der Waals surface area (Å²) in [6.45, 7) is -0.270. The second-order valence-electron chi connectivity index (χ2n) is 3.34. The number of hydrogen-bond acceptors (Lipinski definition) is 5. The minimum Gasteiger partial charge on any atom is -0.381 e. The highest BCUT2D eigenvalue weighted by molar-refractivity contribution is 6.42. The Balaban J connectivity index is 2.97. The Labute approximate surface area is 112 Å². The molecule has 0 aliphatic heterocycles. The number of carbonyl (C=O) groups excluding carboxylic acids is 1. The Morgan fingerprint density at radius 2 is 2.06 bits per heavy atom. The van der Waals surface area contributed by atoms with Crippen LogP contribution in [-0.4, -0.2) is 28.6 Å². The van der Waals surface area contributed by atoms with Gasteiger partial charge in [-0.05, 0) is 6.07 Å². The quantitative estimate of drug-likeness (QED) is 0.556. The number of nitrogens with zero attached hydrogens (tertiary/aromatic N) is 1. The van der Waals surface area contributed by atoms with Crippen molar-refractivity contribution in [3.63, 3.8) is 0 Å². The van der Waals surface area contributed by atoms with Crippen LogP contribution in [0.25, 0.3) is 0 Å². The van der Waals surface area contributed by atoms with E-state index in [1.165, 1.54) is 6.07 Å². The Bertz CT molecular complexity index is 495. The van der Waals surface area contributed by atoms with Crippen molar-refractivity contribution in [2.45, 2.75) is 6.10 Å². The molecule has 0 aliphatic rings. The summed E-state index contributed by atoms with van der Waals surface area (Å²) >= 11 is 11.4. The number of hydrogen-bond donors (Lipinski definition) is 3. The molecule has 18 heavy (non-hydrogen) atoms. The number of carbonyl (C=O) groups is 1. The predicted molar refractivity (Wildman–Crippen MR) is 66.8 cm³/mol. The molecular weight excluding hydrogens is 285 g/mol. The van der Waals surface area contributed by atoms with Gasteiger partial charge in [-0.3, -0.25) is 14.9 Å². The Kier molecular flexibility index (Phi) is 4.71. The zero-order valence-corrected chi connectivity index (χ0v) is 10.4. The summed E-state index contributed by atoms with van der Waals surface area (Å²) in [6.07, 6.45) is -1.46. The molecule has 0 radical (unpaired) electrons. The van der Waals surface area contributed by atoms with E-state index in [0.717, 1.165) is 6.07 Å². The third-order valence-electron chi connectivity index (χ3n) is 2.05. The molecule has 0 saturated heterocycles. The first-order valence-electron chi connectivity index (χ1n) is 4.67. The SMILES string of the molecule is NC(=O)C(O)CNc1cc(Cl)c(Cl)cc1[N+](=O)[O-]. The van der Waals surface area contributed by atoms with Crippen molar-refractivity contribution < 1.29 is 14.8 Å². The molecule has 98 valence electrons. The maximum Gasteiger partial charge on any atom is 0.293 e. The number of halogens is 2. The lowest BCUT2D eigenvalue weighted by Crippen LogP contribution is -2.34. The van der Waals surface area contributed by atoms with Crippen molar-refractivity contribution in [1.82, 2.24) is 0 Å². The van der Waals surface area contributed by atoms with Crippen LogP contribution in [0.5, 0.6) is 0 Å². The van der Waals surface area contributed by atoms with E-state index in [1.807, 2.05) is 0 Å². The summed E-state index contributed by atoms with van der Waals surface area (Å²) in [5, 5.41) is 22.6. The number of anilines is 1. The summed E-state index contributed by atoms with van der Waals surface area (Å²) in [4.78, 5) is 20.7. The number of aliphatic hydroxyl groups is 1. The first kappa shape index (κ1) is 14.5. The topological polar surface area (TPSA) is 118 Å². The average Bonchev–Trinajstić information content (AvgIpc) is 2.29. The van der Waals surface area contributed by atoms with Crippen LogP contribution in [-0.2, 0) is 4.79 Å². The Hall–Kier alpha value is -1.57. The molecule has 1 aromatic rings. The molecule has 0 saturated carbocycles. The fraction of sp³-hybridized carbons (Fsp3) is 0.222. The van der Waals surface area contributed by atoms with Gasteiger partial charge in [0.2, 0.25) is 5.91 Å². The zero-order valence-electron chi connectivity index (χ0n) is 8.89. The molecule has 7 nitrogen and oxygen atoms in total. The summed E-state index contributed by atoms with van der Waals surface area (Å²) in [6, 6.07) is 2.30. The second kappa shape index (κ2) is 5.85. The Morgan fingerprint density at radius 1 is 1.50 bits per heavy atom. The lowest BCUT2D eigenvalue weighted by atomic mass is 10.2. The van der Waals surface area contributed by atoms with Crippen LogP contribution in [0.15, 0.2) is 12.1 Å². The number of amides is 1. The van der Waals surface area contributed by atoms with Crippen LogP contribution in [0.3, 0.4) is 0 Å². The molecule has 1 rings (SSSR count). The number of nitro benzene ring substituents is 1. The van der Waals surface area contributed by atoms with E-state index < -0.39 is 16.9 Å². The minimum atomic E-state index is -1.46. The molecule has 1 aromatic carbocycles. The maximum atomic E-state index is 10.8. The lowest BCUT2D eigenvalue weighted by Gasteiger charge is -2.10. The molecule has 0 fully saturated rings. The van der Waals surface area contributed by atoms with Crippen LogP contribution in [0.1, 0.15) is 0 Å². The molecule has 4 N–H and O–H groups in total. The van der Waals surface area contributed by atoms with Crippen LogP contribution in [0.4, 0.5) is 11.4 Å². The molecule has 0 bridgehead atoms. The van der Waals surface area contributed by atoms with Crippen molar-refractivity contribution in [2.24, 2.45) is 5.73 Å². The highest BCUT2D eigenvalue weighted by Gasteiger charge is 2.18. The number of rotatable bonds is 5. The standard InChI is InChI=1S/C9H9Cl2N3O4/c10-4-1-6(13-3-8(15)9(12)16)7(14(17)18)2-5(4)11/h1-2,8,13,15H,3H2,(H2,12,16). The maximum absolute atomic E-state index is 10.8. The minimum absolute atomic E-state index is 0.0318. The van der Waals surface area contributed by atoms with Gasteiger partial charge < -0.3 is 16.2 Å². The van der Waals surface area contributed by atoms with Gasteiger partial charge >= 0.3 is 0 Å². The first-order valence-corrected chi connectivity index (χ1v) is 5.43. The first-order chi connectivity index (χ1) is 8.32. The van der Waals surface area contributed by atoms with E-state index in [9.17, 15) is 20.0 Å². The number of aliphatic hydroxyl groups excluding tert-OH is 1. The molecule has 1 unspecified atom stereocenters. The molecule has 0 aliphatic carbocycles. The highest BCUT2D eigenvalue weighted by atomic mass is 35.5. The van der Waals surface area contributed by atoms with Crippen LogP contribution in [0, 0.1) is 10.1 Å². The van der Waals surface area contributed by atoms with E-state index in [0.29, 0.717) is 0 Å². The smallest absolute Gasteiger partial charge is 0.293 e. The van der Waals surface area contributed by atoms with Crippen molar-refractivity contribution >= 4 is 40.5 Å². The number of benzene rings is 1. The number of primary amides is 1. The van der Waals surface area contributed by atoms with Gasteiger partial charge in [0.25, 0.3) is 5.69 Å². The fourth-order valence-corrected chi connectivity index (χ4v) is 1.46. The largest absolute Gasteiger partial charge is 0.381 e. The van der Waals surface area contributed by atoms with E-state index in [2.05, 4.69) is 5.32 Å². The monoisotopic (exact) mass is 293 g/mol. The molecule has 1 atom stereocenters. The summed E-state index contributed by atoms with van der Waals surface area (Å²) in [5.41, 5.74) is 4.56. The summed E-state index contributed by atoms with van der Waals surface area (Å²) < 4.78 is 0. The normalized spacial score (nSPS) is 11.9. The fourth-order valence-electron chi connectivity index (χ4n) is 1.14. The van der Waals surface area contributed by atoms with Crippen LogP contribution in [0.2, 0.25) is 10.0 Å². The van der Waals surface area contributed by atoms with Gasteiger partial charge in [-0.1, -0.05) is 23.2 Å². The van der Waals surface area contributed by atoms with Crippen molar-refractivity contribution in [2.75, 3.05) is 11.9 Å². The van der Waals surface area contributed by atoms with Gasteiger partial charge in [0.05, 0.1) is 21.5 Å². The average molecular weight is 294 g/mol. The van der Waals surface area contributed by atoms with Crippen molar-refractivity contribution in [1.29, 1.82) is 0 Å². The number of nitrogens with one attached hydrogen (secondary N) is 1. The van der Waals surface area contributed by atoms with Crippen molar-refractivity contribution in [3.05, 3.63) is 32.3 Å². The zero-order chi connectivity index (χ0) is 13.9. The van der Waals surface area contributed by atoms with Gasteiger partial charge in [-0.2, -0.15) is 0 Å².